The minimum atomic E-state index is 0.520. The molecule has 7 heteroatoms. The number of thioether (sulfide) groups is 1. The minimum Gasteiger partial charge on any atom is -0.490 e. The van der Waals surface area contributed by atoms with Crippen molar-refractivity contribution in [1.82, 2.24) is 10.2 Å². The maximum atomic E-state index is 10.8. The molecule has 0 atom stereocenters. The van der Waals surface area contributed by atoms with Crippen LogP contribution in [0.5, 0.6) is 11.5 Å². The summed E-state index contributed by atoms with van der Waals surface area (Å²) in [6.07, 6.45) is 3.43. The number of aldehydes is 1. The van der Waals surface area contributed by atoms with Crippen molar-refractivity contribution in [3.8, 4) is 11.5 Å². The van der Waals surface area contributed by atoms with Crippen LogP contribution in [0.25, 0.3) is 0 Å². The first-order chi connectivity index (χ1) is 11.8. The third kappa shape index (κ3) is 5.56. The Balaban J connectivity index is 1.76. The zero-order valence-corrected chi connectivity index (χ0v) is 14.8. The number of hydrogen-bond donors (Lipinski definition) is 0. The van der Waals surface area contributed by atoms with Gasteiger partial charge in [0.25, 0.3) is 5.22 Å². The van der Waals surface area contributed by atoms with Crippen molar-refractivity contribution in [1.29, 1.82) is 0 Å². The summed E-state index contributed by atoms with van der Waals surface area (Å²) in [5, 5.41) is 8.59. The van der Waals surface area contributed by atoms with Gasteiger partial charge in [0.2, 0.25) is 5.89 Å². The Morgan fingerprint density at radius 3 is 2.83 bits per heavy atom. The lowest BCUT2D eigenvalue weighted by atomic mass is 10.2. The van der Waals surface area contributed by atoms with Crippen LogP contribution in [0.4, 0.5) is 0 Å². The molecule has 0 aliphatic carbocycles. The number of ether oxygens (including phenoxy) is 2. The Morgan fingerprint density at radius 1 is 1.21 bits per heavy atom. The van der Waals surface area contributed by atoms with Crippen molar-refractivity contribution in [3.63, 3.8) is 0 Å². The molecular weight excluding hydrogens is 328 g/mol. The quantitative estimate of drug-likeness (QED) is 0.347. The third-order valence-corrected chi connectivity index (χ3v) is 3.99. The number of carbonyl (C=O) groups excluding carboxylic acids is 1. The van der Waals surface area contributed by atoms with Gasteiger partial charge in [-0.2, -0.15) is 0 Å². The molecule has 0 bridgehead atoms. The fourth-order valence-electron chi connectivity index (χ4n) is 2.00. The van der Waals surface area contributed by atoms with E-state index in [0.717, 1.165) is 31.3 Å². The molecule has 0 aliphatic heterocycles. The van der Waals surface area contributed by atoms with Gasteiger partial charge in [0.15, 0.2) is 11.5 Å². The Morgan fingerprint density at radius 2 is 2.08 bits per heavy atom. The van der Waals surface area contributed by atoms with Crippen molar-refractivity contribution in [3.05, 3.63) is 29.7 Å². The minimum absolute atomic E-state index is 0.520. The molecule has 0 N–H and O–H groups in total. The highest BCUT2D eigenvalue weighted by atomic mass is 32.2. The van der Waals surface area contributed by atoms with Gasteiger partial charge >= 0.3 is 0 Å². The van der Waals surface area contributed by atoms with Gasteiger partial charge in [0, 0.05) is 17.7 Å². The molecule has 0 spiro atoms. The highest BCUT2D eigenvalue weighted by molar-refractivity contribution is 7.99. The zero-order chi connectivity index (χ0) is 17.2. The molecule has 0 radical (unpaired) electrons. The fraction of sp³-hybridized carbons (Fsp3) is 0.471. The number of rotatable bonds is 11. The van der Waals surface area contributed by atoms with E-state index in [4.69, 9.17) is 13.9 Å². The Bertz CT molecular complexity index is 645. The lowest BCUT2D eigenvalue weighted by Crippen LogP contribution is -2.02. The molecule has 6 nitrogen and oxygen atoms in total. The van der Waals surface area contributed by atoms with Gasteiger partial charge < -0.3 is 13.9 Å². The first-order valence-corrected chi connectivity index (χ1v) is 9.05. The molecule has 0 saturated heterocycles. The topological polar surface area (TPSA) is 74.5 Å². The lowest BCUT2D eigenvalue weighted by molar-refractivity contribution is 0.112. The van der Waals surface area contributed by atoms with Crippen LogP contribution in [0.1, 0.15) is 42.9 Å². The maximum Gasteiger partial charge on any atom is 0.276 e. The van der Waals surface area contributed by atoms with E-state index in [9.17, 15) is 4.79 Å². The van der Waals surface area contributed by atoms with E-state index in [-0.39, 0.29) is 0 Å². The fourth-order valence-corrected chi connectivity index (χ4v) is 2.69. The van der Waals surface area contributed by atoms with E-state index in [1.165, 1.54) is 11.8 Å². The van der Waals surface area contributed by atoms with Crippen LogP contribution >= 0.6 is 11.8 Å². The molecule has 1 aromatic heterocycles. The SMILES string of the molecule is CCCc1nnc(SCCCOc2ccc(C=O)cc2OCC)o1. The maximum absolute atomic E-state index is 10.8. The standard InChI is InChI=1S/C17H22N2O4S/c1-3-6-16-18-19-17(23-16)24-10-5-9-22-14-8-7-13(12-20)11-15(14)21-4-2/h7-8,11-12H,3-6,9-10H2,1-2H3. The van der Waals surface area contributed by atoms with Gasteiger partial charge in [-0.1, -0.05) is 18.7 Å². The van der Waals surface area contributed by atoms with Crippen LogP contribution in [-0.2, 0) is 6.42 Å². The molecule has 0 unspecified atom stereocenters. The average Bonchev–Trinajstić information content (AvgIpc) is 3.03. The summed E-state index contributed by atoms with van der Waals surface area (Å²) in [7, 11) is 0. The van der Waals surface area contributed by atoms with Gasteiger partial charge in [-0.05, 0) is 38.0 Å². The molecule has 1 aromatic carbocycles. The normalized spacial score (nSPS) is 10.6. The largest absolute Gasteiger partial charge is 0.490 e. The Labute approximate surface area is 145 Å². The predicted molar refractivity (Wildman–Crippen MR) is 92.1 cm³/mol. The first kappa shape index (κ1) is 18.3. The van der Waals surface area contributed by atoms with Crippen molar-refractivity contribution in [2.45, 2.75) is 38.3 Å². The molecular formula is C17H22N2O4S. The first-order valence-electron chi connectivity index (χ1n) is 8.06. The summed E-state index contributed by atoms with van der Waals surface area (Å²) < 4.78 is 16.8. The molecule has 1 heterocycles. The Hall–Kier alpha value is -2.02. The molecule has 130 valence electrons. The van der Waals surface area contributed by atoms with Gasteiger partial charge in [-0.3, -0.25) is 4.79 Å². The second-order valence-electron chi connectivity index (χ2n) is 5.02. The number of benzene rings is 1. The zero-order valence-electron chi connectivity index (χ0n) is 14.0. The number of hydrogen-bond acceptors (Lipinski definition) is 7. The molecule has 0 fully saturated rings. The summed E-state index contributed by atoms with van der Waals surface area (Å²) in [5.74, 6) is 2.75. The molecule has 24 heavy (non-hydrogen) atoms. The number of carbonyl (C=O) groups is 1. The number of aryl methyl sites for hydroxylation is 1. The van der Waals surface area contributed by atoms with Crippen LogP contribution in [0.2, 0.25) is 0 Å². The lowest BCUT2D eigenvalue weighted by Gasteiger charge is -2.12. The van der Waals surface area contributed by atoms with E-state index in [0.29, 0.717) is 41.4 Å². The van der Waals surface area contributed by atoms with Gasteiger partial charge in [0.1, 0.15) is 6.29 Å². The van der Waals surface area contributed by atoms with E-state index >= 15 is 0 Å². The summed E-state index contributed by atoms with van der Waals surface area (Å²) in [4.78, 5) is 10.8. The van der Waals surface area contributed by atoms with Crippen LogP contribution < -0.4 is 9.47 Å². The second-order valence-corrected chi connectivity index (χ2v) is 6.07. The van der Waals surface area contributed by atoms with E-state index in [1.54, 1.807) is 18.2 Å². The highest BCUT2D eigenvalue weighted by Crippen LogP contribution is 2.28. The molecule has 0 saturated carbocycles. The van der Waals surface area contributed by atoms with E-state index in [1.807, 2.05) is 6.92 Å². The Kier molecular flexibility index (Phi) is 7.61. The van der Waals surface area contributed by atoms with Crippen molar-refractivity contribution in [2.24, 2.45) is 0 Å². The summed E-state index contributed by atoms with van der Waals surface area (Å²) in [6.45, 7) is 5.03. The van der Waals surface area contributed by atoms with Crippen LogP contribution in [0.15, 0.2) is 27.8 Å². The summed E-state index contributed by atoms with van der Waals surface area (Å²) in [5.41, 5.74) is 0.570. The second kappa shape index (κ2) is 9.97. The highest BCUT2D eigenvalue weighted by Gasteiger charge is 2.08. The third-order valence-electron chi connectivity index (χ3n) is 3.09. The van der Waals surface area contributed by atoms with Crippen LogP contribution in [-0.4, -0.2) is 35.5 Å². The molecule has 0 aliphatic rings. The van der Waals surface area contributed by atoms with Crippen molar-refractivity contribution in [2.75, 3.05) is 19.0 Å². The van der Waals surface area contributed by atoms with E-state index < -0.39 is 0 Å². The molecule has 0 amide bonds. The van der Waals surface area contributed by atoms with Gasteiger partial charge in [-0.25, -0.2) is 0 Å². The van der Waals surface area contributed by atoms with E-state index in [2.05, 4.69) is 17.1 Å². The molecule has 2 rings (SSSR count). The smallest absolute Gasteiger partial charge is 0.276 e. The number of nitrogens with zero attached hydrogens (tertiary/aromatic N) is 2. The summed E-state index contributed by atoms with van der Waals surface area (Å²) in [6, 6.07) is 5.17. The monoisotopic (exact) mass is 350 g/mol. The molecule has 2 aromatic rings. The van der Waals surface area contributed by atoms with Gasteiger partial charge in [0.05, 0.1) is 13.2 Å². The average molecular weight is 350 g/mol. The number of aromatic nitrogens is 2. The van der Waals surface area contributed by atoms with Crippen LogP contribution in [0.3, 0.4) is 0 Å². The van der Waals surface area contributed by atoms with Crippen LogP contribution in [0, 0.1) is 0 Å². The summed E-state index contributed by atoms with van der Waals surface area (Å²) >= 11 is 1.52. The van der Waals surface area contributed by atoms with Crippen molar-refractivity contribution >= 4 is 18.0 Å². The predicted octanol–water partition coefficient (Wildman–Crippen LogP) is 3.79. The van der Waals surface area contributed by atoms with Gasteiger partial charge in [-0.15, -0.1) is 10.2 Å². The van der Waals surface area contributed by atoms with Crippen molar-refractivity contribution < 1.29 is 18.7 Å².